The molecule has 0 saturated carbocycles. The maximum absolute atomic E-state index is 8.92. The molecule has 2 rings (SSSR count). The first-order valence-electron chi connectivity index (χ1n) is 5.94. The second kappa shape index (κ2) is 5.29. The quantitative estimate of drug-likeness (QED) is 0.824. The van der Waals surface area contributed by atoms with Gasteiger partial charge in [0.25, 0.3) is 0 Å². The van der Waals surface area contributed by atoms with Gasteiger partial charge < -0.3 is 10.0 Å². The van der Waals surface area contributed by atoms with Crippen molar-refractivity contribution in [3.05, 3.63) is 35.9 Å². The van der Waals surface area contributed by atoms with Gasteiger partial charge in [-0.05, 0) is 12.5 Å². The zero-order valence-corrected chi connectivity index (χ0v) is 10.1. The summed E-state index contributed by atoms with van der Waals surface area (Å²) in [6.07, 6.45) is 0. The number of hydrogen-bond donors (Lipinski definition) is 2. The summed E-state index contributed by atoms with van der Waals surface area (Å²) in [5, 5.41) is 16.9. The van der Waals surface area contributed by atoms with Crippen LogP contribution >= 0.6 is 0 Å². The third-order valence-corrected chi connectivity index (χ3v) is 3.24. The molecule has 0 radical (unpaired) electrons. The van der Waals surface area contributed by atoms with E-state index in [9.17, 15) is 0 Å². The minimum absolute atomic E-state index is 0.154. The third kappa shape index (κ3) is 2.65. The molecule has 0 bridgehead atoms. The van der Waals surface area contributed by atoms with Crippen LogP contribution in [0.3, 0.4) is 0 Å². The number of nitrogens with one attached hydrogen (secondary N) is 1. The maximum Gasteiger partial charge on any atom is 0.112 e. The van der Waals surface area contributed by atoms with Crippen molar-refractivity contribution in [1.29, 1.82) is 5.41 Å². The Kier molecular flexibility index (Phi) is 3.76. The fourth-order valence-electron chi connectivity index (χ4n) is 2.21. The molecule has 1 aromatic carbocycles. The predicted octanol–water partition coefficient (Wildman–Crippen LogP) is 1.29. The Morgan fingerprint density at radius 3 is 2.71 bits per heavy atom. The van der Waals surface area contributed by atoms with Crippen LogP contribution in [0.25, 0.3) is 0 Å². The van der Waals surface area contributed by atoms with E-state index >= 15 is 0 Å². The second-order valence-electron chi connectivity index (χ2n) is 4.42. The van der Waals surface area contributed by atoms with Gasteiger partial charge in [-0.2, -0.15) is 0 Å². The smallest absolute Gasteiger partial charge is 0.112 e. The molecule has 1 saturated heterocycles. The molecule has 2 N–H and O–H groups in total. The van der Waals surface area contributed by atoms with Crippen LogP contribution < -0.4 is 0 Å². The molecule has 0 spiro atoms. The van der Waals surface area contributed by atoms with Crippen LogP contribution in [0.4, 0.5) is 0 Å². The van der Waals surface area contributed by atoms with Crippen LogP contribution in [0, 0.1) is 5.41 Å². The lowest BCUT2D eigenvalue weighted by Crippen LogP contribution is -2.30. The van der Waals surface area contributed by atoms with Crippen molar-refractivity contribution in [1.82, 2.24) is 9.80 Å². The van der Waals surface area contributed by atoms with Crippen molar-refractivity contribution in [2.45, 2.75) is 13.0 Å². The van der Waals surface area contributed by atoms with E-state index in [1.54, 1.807) is 0 Å². The summed E-state index contributed by atoms with van der Waals surface area (Å²) in [4.78, 5) is 4.16. The van der Waals surface area contributed by atoms with Gasteiger partial charge in [-0.3, -0.25) is 10.3 Å². The van der Waals surface area contributed by atoms with E-state index < -0.39 is 0 Å². The lowest BCUT2D eigenvalue weighted by Gasteiger charge is -2.26. The zero-order valence-electron chi connectivity index (χ0n) is 10.1. The first-order chi connectivity index (χ1) is 8.22. The maximum atomic E-state index is 8.92. The first-order valence-corrected chi connectivity index (χ1v) is 5.94. The summed E-state index contributed by atoms with van der Waals surface area (Å²) in [5.41, 5.74) is 1.23. The average molecular weight is 233 g/mol. The Morgan fingerprint density at radius 1 is 1.35 bits per heavy atom. The number of aliphatic hydroxyl groups is 1. The van der Waals surface area contributed by atoms with E-state index in [-0.39, 0.29) is 12.6 Å². The highest BCUT2D eigenvalue weighted by Crippen LogP contribution is 2.23. The van der Waals surface area contributed by atoms with Gasteiger partial charge >= 0.3 is 0 Å². The molecule has 1 atom stereocenters. The summed E-state index contributed by atoms with van der Waals surface area (Å²) >= 11 is 0. The minimum atomic E-state index is 0.154. The Bertz CT molecular complexity index is 380. The molecule has 0 aromatic heterocycles. The monoisotopic (exact) mass is 233 g/mol. The van der Waals surface area contributed by atoms with Crippen molar-refractivity contribution >= 4 is 5.84 Å². The van der Waals surface area contributed by atoms with E-state index in [2.05, 4.69) is 28.9 Å². The fraction of sp³-hybridized carbons (Fsp3) is 0.462. The number of rotatable bonds is 4. The fourth-order valence-corrected chi connectivity index (χ4v) is 2.21. The second-order valence-corrected chi connectivity index (χ2v) is 4.42. The lowest BCUT2D eigenvalue weighted by molar-refractivity contribution is 0.182. The first kappa shape index (κ1) is 12.1. The van der Waals surface area contributed by atoms with Gasteiger partial charge in [0.2, 0.25) is 0 Å². The van der Waals surface area contributed by atoms with Crippen LogP contribution in [0.1, 0.15) is 18.5 Å². The summed E-state index contributed by atoms with van der Waals surface area (Å²) < 4.78 is 0. The molecule has 92 valence electrons. The molecule has 1 heterocycles. The van der Waals surface area contributed by atoms with Gasteiger partial charge in [-0.1, -0.05) is 30.3 Å². The van der Waals surface area contributed by atoms with Gasteiger partial charge in [0, 0.05) is 6.54 Å². The van der Waals surface area contributed by atoms with Crippen molar-refractivity contribution in [2.75, 3.05) is 26.4 Å². The average Bonchev–Trinajstić information content (AvgIpc) is 2.71. The standard InChI is InChI=1S/C13H19N3O/c1-11(12-5-3-2-4-6-12)16-10-15(7-8-17)9-13(16)14/h2-6,11,14,17H,7-10H2,1H3. The Morgan fingerprint density at radius 2 is 2.06 bits per heavy atom. The molecular weight excluding hydrogens is 214 g/mol. The van der Waals surface area contributed by atoms with E-state index in [1.165, 1.54) is 5.56 Å². The molecule has 4 heteroatoms. The highest BCUT2D eigenvalue weighted by atomic mass is 16.3. The lowest BCUT2D eigenvalue weighted by atomic mass is 10.1. The normalized spacial score (nSPS) is 18.7. The van der Waals surface area contributed by atoms with Crippen LogP contribution in [0.15, 0.2) is 30.3 Å². The highest BCUT2D eigenvalue weighted by Gasteiger charge is 2.28. The number of benzene rings is 1. The number of amidine groups is 1. The van der Waals surface area contributed by atoms with Crippen LogP contribution in [-0.2, 0) is 0 Å². The predicted molar refractivity (Wildman–Crippen MR) is 67.9 cm³/mol. The molecule has 1 aliphatic heterocycles. The van der Waals surface area contributed by atoms with Gasteiger partial charge in [-0.25, -0.2) is 0 Å². The van der Waals surface area contributed by atoms with Crippen molar-refractivity contribution in [3.63, 3.8) is 0 Å². The molecule has 1 fully saturated rings. The van der Waals surface area contributed by atoms with Crippen molar-refractivity contribution < 1.29 is 5.11 Å². The molecular formula is C13H19N3O. The molecule has 1 aromatic rings. The van der Waals surface area contributed by atoms with Gasteiger partial charge in [0.15, 0.2) is 0 Å². The van der Waals surface area contributed by atoms with Crippen molar-refractivity contribution in [3.8, 4) is 0 Å². The van der Waals surface area contributed by atoms with Gasteiger partial charge in [0.1, 0.15) is 5.84 Å². The Balaban J connectivity index is 2.06. The van der Waals surface area contributed by atoms with Crippen LogP contribution in [0.2, 0.25) is 0 Å². The van der Waals surface area contributed by atoms with E-state index in [0.717, 1.165) is 6.67 Å². The van der Waals surface area contributed by atoms with E-state index in [4.69, 9.17) is 10.5 Å². The number of hydrogen-bond acceptors (Lipinski definition) is 3. The molecule has 4 nitrogen and oxygen atoms in total. The number of aliphatic hydroxyl groups excluding tert-OH is 1. The molecule has 17 heavy (non-hydrogen) atoms. The van der Waals surface area contributed by atoms with Crippen LogP contribution in [-0.4, -0.2) is 47.1 Å². The summed E-state index contributed by atoms with van der Waals surface area (Å²) in [7, 11) is 0. The number of β-amino-alcohol motifs (C(OH)–C–C–N with tert-alkyl or cyclic N) is 1. The van der Waals surface area contributed by atoms with E-state index in [0.29, 0.717) is 18.9 Å². The van der Waals surface area contributed by atoms with Gasteiger partial charge in [-0.15, -0.1) is 0 Å². The largest absolute Gasteiger partial charge is 0.395 e. The summed E-state index contributed by atoms with van der Waals surface area (Å²) in [6, 6.07) is 10.4. The zero-order chi connectivity index (χ0) is 12.3. The third-order valence-electron chi connectivity index (χ3n) is 3.24. The van der Waals surface area contributed by atoms with Crippen molar-refractivity contribution in [2.24, 2.45) is 0 Å². The minimum Gasteiger partial charge on any atom is -0.395 e. The van der Waals surface area contributed by atoms with Crippen LogP contribution in [0.5, 0.6) is 0 Å². The van der Waals surface area contributed by atoms with E-state index in [1.807, 2.05) is 18.2 Å². The summed E-state index contributed by atoms with van der Waals surface area (Å²) in [5.74, 6) is 0.634. The highest BCUT2D eigenvalue weighted by molar-refractivity contribution is 5.83. The Labute approximate surface area is 102 Å². The molecule has 1 unspecified atom stereocenters. The summed E-state index contributed by atoms with van der Waals surface area (Å²) in [6.45, 7) is 4.28. The Hall–Kier alpha value is -1.39. The topological polar surface area (TPSA) is 50.6 Å². The molecule has 0 aliphatic carbocycles. The molecule has 1 aliphatic rings. The van der Waals surface area contributed by atoms with Gasteiger partial charge in [0.05, 0.1) is 25.9 Å². The SMILES string of the molecule is CC(c1ccccc1)N1CN(CCO)CC1=N. The molecule has 0 amide bonds. The number of nitrogens with zero attached hydrogens (tertiary/aromatic N) is 2.